The maximum atomic E-state index is 11.0. The van der Waals surface area contributed by atoms with E-state index in [1.165, 1.54) is 6.92 Å². The van der Waals surface area contributed by atoms with Gasteiger partial charge < -0.3 is 0 Å². The van der Waals surface area contributed by atoms with Crippen molar-refractivity contribution in [3.05, 3.63) is 29.8 Å². The van der Waals surface area contributed by atoms with Crippen LogP contribution in [0.3, 0.4) is 0 Å². The Morgan fingerprint density at radius 1 is 1.45 bits per heavy atom. The molecule has 11 heavy (non-hydrogen) atoms. The Balaban J connectivity index is 3.12. The first-order valence-corrected chi connectivity index (χ1v) is 4.19. The van der Waals surface area contributed by atoms with E-state index in [0.717, 1.165) is 25.2 Å². The summed E-state index contributed by atoms with van der Waals surface area (Å²) < 4.78 is 5.08. The molecule has 0 aliphatic carbocycles. The van der Waals surface area contributed by atoms with Crippen LogP contribution in [0.1, 0.15) is 17.3 Å². The minimum absolute atomic E-state index is 0.0444. The van der Waals surface area contributed by atoms with Crippen LogP contribution in [-0.4, -0.2) is 5.78 Å². The molecule has 0 saturated carbocycles. The van der Waals surface area contributed by atoms with Crippen LogP contribution in [0.5, 0.6) is 5.75 Å². The van der Waals surface area contributed by atoms with Gasteiger partial charge in [-0.2, -0.15) is 0 Å². The molecular weight excluding hydrogens is 219 g/mol. The fraction of sp³-hybridized carbons (Fsp3) is 0.125. The third-order valence-electron chi connectivity index (χ3n) is 1.38. The molecule has 0 amide bonds. The van der Waals surface area contributed by atoms with Gasteiger partial charge in [-0.1, -0.05) is 0 Å². The molecule has 0 saturated heterocycles. The molecule has 0 atom stereocenters. The van der Waals surface area contributed by atoms with Gasteiger partial charge in [0.25, 0.3) is 0 Å². The van der Waals surface area contributed by atoms with E-state index in [4.69, 9.17) is 2.81 Å². The number of hydrogen-bond donors (Lipinski definition) is 0. The fourth-order valence-electron chi connectivity index (χ4n) is 0.846. The van der Waals surface area contributed by atoms with Gasteiger partial charge in [-0.3, -0.25) is 0 Å². The first-order valence-electron chi connectivity index (χ1n) is 3.19. The third-order valence-corrected chi connectivity index (χ3v) is 1.92. The van der Waals surface area contributed by atoms with E-state index in [1.54, 1.807) is 12.1 Å². The van der Waals surface area contributed by atoms with E-state index >= 15 is 0 Å². The summed E-state index contributed by atoms with van der Waals surface area (Å²) in [4.78, 5) is 11.0. The molecule has 0 spiro atoms. The van der Waals surface area contributed by atoms with Crippen LogP contribution in [0.4, 0.5) is 0 Å². The standard InChI is InChI=1S/C8H8O2.Zr/c1-6(9)7-4-2-3-5-8(7)10;/h2-5,10H,1H3;/q;+1/p-1. The number of ketones is 1. The first kappa shape index (κ1) is 8.67. The van der Waals surface area contributed by atoms with Crippen LogP contribution in [0.2, 0.25) is 0 Å². The zero-order chi connectivity index (χ0) is 8.27. The Labute approximate surface area is 81.0 Å². The van der Waals surface area contributed by atoms with Crippen LogP contribution in [0, 0.1) is 0 Å². The molecule has 2 nitrogen and oxygen atoms in total. The SMILES string of the molecule is CC(=O)c1ccccc1[O][Zr]. The molecule has 0 fully saturated rings. The molecule has 0 heterocycles. The molecule has 1 aromatic carbocycles. The van der Waals surface area contributed by atoms with Gasteiger partial charge >= 0.3 is 81.1 Å². The fourth-order valence-corrected chi connectivity index (χ4v) is 1.28. The Hall–Kier alpha value is -0.427. The van der Waals surface area contributed by atoms with Gasteiger partial charge in [-0.25, -0.2) is 0 Å². The number of rotatable bonds is 2. The van der Waals surface area contributed by atoms with Crippen molar-refractivity contribution >= 4 is 5.78 Å². The number of benzene rings is 1. The van der Waals surface area contributed by atoms with Gasteiger partial charge in [-0.05, 0) is 0 Å². The zero-order valence-corrected chi connectivity index (χ0v) is 8.58. The van der Waals surface area contributed by atoms with Gasteiger partial charge in [0.05, 0.1) is 0 Å². The van der Waals surface area contributed by atoms with Gasteiger partial charge in [0, 0.05) is 0 Å². The summed E-state index contributed by atoms with van der Waals surface area (Å²) >= 11 is 0.949. The van der Waals surface area contributed by atoms with Crippen molar-refractivity contribution in [1.82, 2.24) is 0 Å². The Morgan fingerprint density at radius 3 is 2.55 bits per heavy atom. The predicted octanol–water partition coefficient (Wildman–Crippen LogP) is 1.73. The number of Topliss-reactive ketones (excluding diaryl/α,β-unsaturated/α-hetero) is 1. The topological polar surface area (TPSA) is 26.3 Å². The van der Waals surface area contributed by atoms with Gasteiger partial charge in [0.2, 0.25) is 0 Å². The molecule has 55 valence electrons. The summed E-state index contributed by atoms with van der Waals surface area (Å²) in [6.07, 6.45) is 0. The summed E-state index contributed by atoms with van der Waals surface area (Å²) in [6, 6.07) is 7.24. The minimum atomic E-state index is 0.0444. The van der Waals surface area contributed by atoms with E-state index in [2.05, 4.69) is 0 Å². The third kappa shape index (κ3) is 2.00. The van der Waals surface area contributed by atoms with Crippen LogP contribution in [0.25, 0.3) is 0 Å². The average Bonchev–Trinajstić information content (AvgIpc) is 2.04. The van der Waals surface area contributed by atoms with Crippen molar-refractivity contribution in [2.45, 2.75) is 6.92 Å². The molecule has 0 unspecified atom stereocenters. The summed E-state index contributed by atoms with van der Waals surface area (Å²) in [5.74, 6) is 0.723. The van der Waals surface area contributed by atoms with Crippen molar-refractivity contribution in [3.63, 3.8) is 0 Å². The predicted molar refractivity (Wildman–Crippen MR) is 37.1 cm³/mol. The Bertz CT molecular complexity index is 271. The number of hydrogen-bond acceptors (Lipinski definition) is 2. The number of carbonyl (C=O) groups excluding carboxylic acids is 1. The second-order valence-corrected chi connectivity index (χ2v) is 2.66. The van der Waals surface area contributed by atoms with Crippen molar-refractivity contribution in [1.29, 1.82) is 0 Å². The molecule has 3 heteroatoms. The van der Waals surface area contributed by atoms with Crippen LogP contribution >= 0.6 is 0 Å². The van der Waals surface area contributed by atoms with E-state index in [9.17, 15) is 4.79 Å². The molecule has 0 aliphatic heterocycles. The second-order valence-electron chi connectivity index (χ2n) is 2.15. The van der Waals surface area contributed by atoms with E-state index in [-0.39, 0.29) is 5.78 Å². The molecule has 0 bridgehead atoms. The summed E-state index contributed by atoms with van der Waals surface area (Å²) in [7, 11) is 0. The molecule has 1 aromatic rings. The van der Waals surface area contributed by atoms with Gasteiger partial charge in [-0.15, -0.1) is 0 Å². The Kier molecular flexibility index (Phi) is 3.01. The summed E-state index contributed by atoms with van der Waals surface area (Å²) in [5.41, 5.74) is 0.657. The van der Waals surface area contributed by atoms with Crippen molar-refractivity contribution in [3.8, 4) is 5.75 Å². The van der Waals surface area contributed by atoms with E-state index in [1.807, 2.05) is 12.1 Å². The number of para-hydroxylation sites is 1. The molecule has 0 N–H and O–H groups in total. The Morgan fingerprint density at radius 2 is 2.09 bits per heavy atom. The monoisotopic (exact) mass is 225 g/mol. The van der Waals surface area contributed by atoms with Crippen molar-refractivity contribution in [2.24, 2.45) is 0 Å². The van der Waals surface area contributed by atoms with Crippen LogP contribution in [-0.2, 0) is 25.2 Å². The molecule has 1 rings (SSSR count). The van der Waals surface area contributed by atoms with Crippen molar-refractivity contribution < 1.29 is 32.8 Å². The van der Waals surface area contributed by atoms with Gasteiger partial charge in [0.1, 0.15) is 0 Å². The van der Waals surface area contributed by atoms with Crippen LogP contribution in [0.15, 0.2) is 24.3 Å². The summed E-state index contributed by atoms with van der Waals surface area (Å²) in [5, 5.41) is 0. The first-order chi connectivity index (χ1) is 5.25. The van der Waals surface area contributed by atoms with E-state index < -0.39 is 0 Å². The molecule has 0 aromatic heterocycles. The maximum absolute atomic E-state index is 11.0. The molecule has 0 radical (unpaired) electrons. The average molecular weight is 226 g/mol. The number of carbonyl (C=O) groups is 1. The van der Waals surface area contributed by atoms with E-state index in [0.29, 0.717) is 11.3 Å². The van der Waals surface area contributed by atoms with Crippen molar-refractivity contribution in [2.75, 3.05) is 0 Å². The van der Waals surface area contributed by atoms with Gasteiger partial charge in [0.15, 0.2) is 0 Å². The zero-order valence-electron chi connectivity index (χ0n) is 6.13. The van der Waals surface area contributed by atoms with Crippen LogP contribution < -0.4 is 2.81 Å². The second kappa shape index (κ2) is 3.82. The normalized spacial score (nSPS) is 9.09. The molecule has 0 aliphatic rings. The molecular formula is C8H7O2Zr. The summed E-state index contributed by atoms with van der Waals surface area (Å²) in [6.45, 7) is 1.54. The quantitative estimate of drug-likeness (QED) is 0.718.